The maximum Gasteiger partial charge on any atom is 0.256 e. The van der Waals surface area contributed by atoms with E-state index in [-0.39, 0.29) is 42.4 Å². The van der Waals surface area contributed by atoms with Gasteiger partial charge in [-0.25, -0.2) is 4.39 Å². The first-order valence-corrected chi connectivity index (χ1v) is 12.2. The molecule has 5 rings (SSSR count). The highest BCUT2D eigenvalue weighted by atomic mass is 19.1. The van der Waals surface area contributed by atoms with Gasteiger partial charge in [-0.1, -0.05) is 12.5 Å². The number of hydrogen-bond donors (Lipinski definition) is 1. The second kappa shape index (κ2) is 9.73. The fraction of sp³-hybridized carbons (Fsp3) is 0.462. The number of likely N-dealkylation sites (tertiary alicyclic amines) is 1. The first-order valence-electron chi connectivity index (χ1n) is 12.2. The van der Waals surface area contributed by atoms with E-state index in [1.54, 1.807) is 18.5 Å². The van der Waals surface area contributed by atoms with Crippen LogP contribution >= 0.6 is 0 Å². The molecule has 1 aromatic carbocycles. The molecule has 0 bridgehead atoms. The van der Waals surface area contributed by atoms with Crippen LogP contribution in [0.15, 0.2) is 48.8 Å². The lowest BCUT2D eigenvalue weighted by molar-refractivity contribution is -0.149. The van der Waals surface area contributed by atoms with Crippen molar-refractivity contribution in [3.8, 4) is 0 Å². The third-order valence-corrected chi connectivity index (χ3v) is 7.37. The van der Waals surface area contributed by atoms with Gasteiger partial charge in [-0.2, -0.15) is 0 Å². The first-order chi connectivity index (χ1) is 17.0. The van der Waals surface area contributed by atoms with Crippen LogP contribution in [0.4, 0.5) is 4.39 Å². The SMILES string of the molecule is O=C(NCc1cccnc1)C1COC2(CCN(C(=O)C3CCC3)CC2)N1C(=O)c1ccc(F)cc1. The van der Waals surface area contributed by atoms with Crippen molar-refractivity contribution in [3.05, 3.63) is 65.7 Å². The molecule has 3 amide bonds. The number of carbonyl (C=O) groups is 3. The number of benzene rings is 1. The summed E-state index contributed by atoms with van der Waals surface area (Å²) in [5.74, 6) is -0.873. The minimum Gasteiger partial charge on any atom is -0.353 e. The van der Waals surface area contributed by atoms with Crippen molar-refractivity contribution in [1.29, 1.82) is 0 Å². The molecule has 1 atom stereocenters. The highest BCUT2D eigenvalue weighted by molar-refractivity contribution is 5.98. The van der Waals surface area contributed by atoms with Gasteiger partial charge in [0.15, 0.2) is 0 Å². The summed E-state index contributed by atoms with van der Waals surface area (Å²) in [5, 5.41) is 2.89. The van der Waals surface area contributed by atoms with Gasteiger partial charge in [-0.3, -0.25) is 24.3 Å². The van der Waals surface area contributed by atoms with Crippen LogP contribution in [-0.2, 0) is 20.9 Å². The molecule has 1 aliphatic carbocycles. The number of aromatic nitrogens is 1. The van der Waals surface area contributed by atoms with Crippen molar-refractivity contribution in [3.63, 3.8) is 0 Å². The second-order valence-electron chi connectivity index (χ2n) is 9.49. The number of hydrogen-bond acceptors (Lipinski definition) is 5. The van der Waals surface area contributed by atoms with Crippen LogP contribution in [0.1, 0.15) is 48.0 Å². The average molecular weight is 481 g/mol. The zero-order valence-corrected chi connectivity index (χ0v) is 19.5. The van der Waals surface area contributed by atoms with Crippen molar-refractivity contribution in [2.24, 2.45) is 5.92 Å². The Balaban J connectivity index is 1.35. The van der Waals surface area contributed by atoms with Crippen LogP contribution in [0.25, 0.3) is 0 Å². The number of nitrogens with one attached hydrogen (secondary N) is 1. The van der Waals surface area contributed by atoms with Crippen molar-refractivity contribution in [1.82, 2.24) is 20.1 Å². The van der Waals surface area contributed by atoms with E-state index in [9.17, 15) is 18.8 Å². The summed E-state index contributed by atoms with van der Waals surface area (Å²) in [6.07, 6.45) is 7.13. The smallest absolute Gasteiger partial charge is 0.256 e. The lowest BCUT2D eigenvalue weighted by Crippen LogP contribution is -2.60. The Kier molecular flexibility index (Phi) is 6.51. The third-order valence-electron chi connectivity index (χ3n) is 7.37. The molecule has 1 saturated carbocycles. The van der Waals surface area contributed by atoms with E-state index in [1.807, 2.05) is 11.0 Å². The third kappa shape index (κ3) is 4.65. The summed E-state index contributed by atoms with van der Waals surface area (Å²) in [4.78, 5) is 47.1. The lowest BCUT2D eigenvalue weighted by atomic mass is 9.83. The van der Waals surface area contributed by atoms with Crippen molar-refractivity contribution >= 4 is 17.7 Å². The zero-order chi connectivity index (χ0) is 24.4. The molecule has 1 aromatic heterocycles. The van der Waals surface area contributed by atoms with Crippen LogP contribution in [0.5, 0.6) is 0 Å². The molecular formula is C26H29FN4O4. The molecule has 1 spiro atoms. The van der Waals surface area contributed by atoms with Gasteiger partial charge in [0, 0.05) is 56.4 Å². The van der Waals surface area contributed by atoms with Crippen LogP contribution in [0.2, 0.25) is 0 Å². The van der Waals surface area contributed by atoms with Gasteiger partial charge < -0.3 is 15.0 Å². The normalized spacial score (nSPS) is 21.6. The number of halogens is 1. The molecule has 35 heavy (non-hydrogen) atoms. The van der Waals surface area contributed by atoms with Gasteiger partial charge in [0.25, 0.3) is 5.91 Å². The minimum absolute atomic E-state index is 0.0579. The monoisotopic (exact) mass is 480 g/mol. The Bertz CT molecular complexity index is 1080. The van der Waals surface area contributed by atoms with Crippen molar-refractivity contribution in [2.75, 3.05) is 19.7 Å². The quantitative estimate of drug-likeness (QED) is 0.710. The van der Waals surface area contributed by atoms with Gasteiger partial charge >= 0.3 is 0 Å². The van der Waals surface area contributed by atoms with Gasteiger partial charge in [0.05, 0.1) is 6.61 Å². The van der Waals surface area contributed by atoms with E-state index in [1.165, 1.54) is 29.2 Å². The molecule has 2 saturated heterocycles. The van der Waals surface area contributed by atoms with Crippen LogP contribution in [0.3, 0.4) is 0 Å². The summed E-state index contributed by atoms with van der Waals surface area (Å²) in [6.45, 7) is 1.26. The van der Waals surface area contributed by atoms with E-state index < -0.39 is 17.6 Å². The van der Waals surface area contributed by atoms with Crippen LogP contribution in [-0.4, -0.2) is 64.0 Å². The summed E-state index contributed by atoms with van der Waals surface area (Å²) in [5.41, 5.74) is 0.140. The number of amides is 3. The van der Waals surface area contributed by atoms with E-state index in [0.29, 0.717) is 25.9 Å². The minimum atomic E-state index is -0.988. The number of piperidine rings is 1. The maximum absolute atomic E-state index is 13.7. The number of ether oxygens (including phenoxy) is 1. The number of pyridine rings is 1. The summed E-state index contributed by atoms with van der Waals surface area (Å²) in [7, 11) is 0. The topological polar surface area (TPSA) is 91.8 Å². The molecule has 2 aliphatic heterocycles. The predicted molar refractivity (Wildman–Crippen MR) is 124 cm³/mol. The second-order valence-corrected chi connectivity index (χ2v) is 9.49. The molecule has 2 aromatic rings. The van der Waals surface area contributed by atoms with Crippen molar-refractivity contribution < 1.29 is 23.5 Å². The molecule has 184 valence electrons. The number of carbonyl (C=O) groups excluding carboxylic acids is 3. The number of nitrogens with zero attached hydrogens (tertiary/aromatic N) is 3. The molecule has 1 N–H and O–H groups in total. The van der Waals surface area contributed by atoms with Gasteiger partial charge in [0.2, 0.25) is 11.8 Å². The fourth-order valence-electron chi connectivity index (χ4n) is 5.10. The highest BCUT2D eigenvalue weighted by Gasteiger charge is 2.54. The molecule has 3 heterocycles. The van der Waals surface area contributed by atoms with Gasteiger partial charge in [-0.15, -0.1) is 0 Å². The maximum atomic E-state index is 13.7. The summed E-state index contributed by atoms with van der Waals surface area (Å²) in [6, 6.07) is 8.11. The van der Waals surface area contributed by atoms with E-state index in [0.717, 1.165) is 24.8 Å². The molecular weight excluding hydrogens is 451 g/mol. The molecule has 3 aliphatic rings. The zero-order valence-electron chi connectivity index (χ0n) is 19.5. The van der Waals surface area contributed by atoms with Gasteiger partial charge in [-0.05, 0) is 48.7 Å². The first kappa shape index (κ1) is 23.4. The predicted octanol–water partition coefficient (Wildman–Crippen LogP) is 2.50. The molecule has 0 radical (unpaired) electrons. The number of rotatable bonds is 5. The highest BCUT2D eigenvalue weighted by Crippen LogP contribution is 2.39. The Morgan fingerprint density at radius 3 is 2.49 bits per heavy atom. The molecule has 3 fully saturated rings. The molecule has 1 unspecified atom stereocenters. The van der Waals surface area contributed by atoms with E-state index >= 15 is 0 Å². The molecule has 9 heteroatoms. The Morgan fingerprint density at radius 1 is 1.11 bits per heavy atom. The summed E-state index contributed by atoms with van der Waals surface area (Å²) < 4.78 is 19.7. The van der Waals surface area contributed by atoms with Gasteiger partial charge in [0.1, 0.15) is 17.6 Å². The molecule has 8 nitrogen and oxygen atoms in total. The largest absolute Gasteiger partial charge is 0.353 e. The van der Waals surface area contributed by atoms with Crippen LogP contribution < -0.4 is 5.32 Å². The van der Waals surface area contributed by atoms with Crippen molar-refractivity contribution in [2.45, 2.75) is 50.4 Å². The standard InChI is InChI=1S/C26H29FN4O4/c27-21-8-6-20(7-9-21)25(34)31-22(23(32)29-16-18-3-2-12-28-15-18)17-35-26(31)10-13-30(14-11-26)24(33)19-4-1-5-19/h2-3,6-9,12,15,19,22H,1,4-5,10-11,13-14,16-17H2,(H,29,32). The summed E-state index contributed by atoms with van der Waals surface area (Å²) >= 11 is 0. The lowest BCUT2D eigenvalue weighted by Gasteiger charge is -2.45. The van der Waals surface area contributed by atoms with Crippen LogP contribution in [0, 0.1) is 11.7 Å². The Morgan fingerprint density at radius 2 is 1.86 bits per heavy atom. The average Bonchev–Trinajstić information content (AvgIpc) is 3.21. The van der Waals surface area contributed by atoms with E-state index in [4.69, 9.17) is 4.74 Å². The Hall–Kier alpha value is -3.33. The fourth-order valence-corrected chi connectivity index (χ4v) is 5.10. The van der Waals surface area contributed by atoms with E-state index in [2.05, 4.69) is 10.3 Å². The Labute approximate surface area is 203 Å².